The summed E-state index contributed by atoms with van der Waals surface area (Å²) in [6.45, 7) is 8.06. The van der Waals surface area contributed by atoms with Gasteiger partial charge in [0.15, 0.2) is 11.6 Å². The van der Waals surface area contributed by atoms with Gasteiger partial charge >= 0.3 is 0 Å². The van der Waals surface area contributed by atoms with E-state index < -0.39 is 11.6 Å². The van der Waals surface area contributed by atoms with Crippen molar-refractivity contribution >= 4 is 0 Å². The van der Waals surface area contributed by atoms with Crippen molar-refractivity contribution in [3.8, 4) is 0 Å². The number of rotatable bonds is 6. The molecule has 2 nitrogen and oxygen atoms in total. The average Bonchev–Trinajstić information content (AvgIpc) is 2.86. The van der Waals surface area contributed by atoms with Crippen molar-refractivity contribution in [1.82, 2.24) is 10.2 Å². The Hall–Kier alpha value is -1.00. The van der Waals surface area contributed by atoms with E-state index in [2.05, 4.69) is 24.1 Å². The first-order valence-electron chi connectivity index (χ1n) is 7.44. The molecule has 0 spiro atoms. The number of nitrogens with zero attached hydrogens (tertiary/aromatic N) is 1. The van der Waals surface area contributed by atoms with Crippen molar-refractivity contribution in [2.75, 3.05) is 19.6 Å². The second-order valence-electron chi connectivity index (χ2n) is 6.13. The highest BCUT2D eigenvalue weighted by molar-refractivity contribution is 5.17. The topological polar surface area (TPSA) is 15.3 Å². The van der Waals surface area contributed by atoms with Crippen LogP contribution in [-0.2, 0) is 6.54 Å². The highest BCUT2D eigenvalue weighted by Crippen LogP contribution is 2.14. The highest BCUT2D eigenvalue weighted by atomic mass is 19.2. The Bertz CT molecular complexity index is 428. The molecule has 1 heterocycles. The van der Waals surface area contributed by atoms with Gasteiger partial charge in [-0.1, -0.05) is 19.9 Å². The van der Waals surface area contributed by atoms with Gasteiger partial charge in [-0.25, -0.2) is 8.78 Å². The lowest BCUT2D eigenvalue weighted by Gasteiger charge is -2.27. The molecule has 1 aliphatic rings. The van der Waals surface area contributed by atoms with Crippen molar-refractivity contribution in [2.45, 2.75) is 39.3 Å². The lowest BCUT2D eigenvalue weighted by molar-refractivity contribution is 0.216. The maximum Gasteiger partial charge on any atom is 0.159 e. The van der Waals surface area contributed by atoms with Crippen LogP contribution in [0.25, 0.3) is 0 Å². The first-order valence-corrected chi connectivity index (χ1v) is 7.44. The van der Waals surface area contributed by atoms with Crippen molar-refractivity contribution in [2.24, 2.45) is 5.92 Å². The summed E-state index contributed by atoms with van der Waals surface area (Å²) in [7, 11) is 0. The molecule has 1 unspecified atom stereocenters. The highest BCUT2D eigenvalue weighted by Gasteiger charge is 2.19. The molecule has 1 aliphatic heterocycles. The zero-order valence-electron chi connectivity index (χ0n) is 12.3. The Morgan fingerprint density at radius 1 is 1.30 bits per heavy atom. The Morgan fingerprint density at radius 2 is 2.10 bits per heavy atom. The molecular formula is C16H24F2N2. The summed E-state index contributed by atoms with van der Waals surface area (Å²) in [5.74, 6) is -0.977. The van der Waals surface area contributed by atoms with E-state index in [9.17, 15) is 8.78 Å². The van der Waals surface area contributed by atoms with Crippen molar-refractivity contribution in [3.05, 3.63) is 35.4 Å². The van der Waals surface area contributed by atoms with Gasteiger partial charge in [-0.2, -0.15) is 0 Å². The largest absolute Gasteiger partial charge is 0.313 e. The maximum atomic E-state index is 13.3. The Balaban J connectivity index is 1.99. The predicted molar refractivity (Wildman–Crippen MR) is 77.5 cm³/mol. The summed E-state index contributed by atoms with van der Waals surface area (Å²) in [5.41, 5.74) is 0.836. The van der Waals surface area contributed by atoms with E-state index >= 15 is 0 Å². The fourth-order valence-electron chi connectivity index (χ4n) is 2.84. The van der Waals surface area contributed by atoms with Gasteiger partial charge in [-0.05, 0) is 43.0 Å². The van der Waals surface area contributed by atoms with E-state index in [0.717, 1.165) is 25.2 Å². The third-order valence-electron chi connectivity index (χ3n) is 3.65. The van der Waals surface area contributed by atoms with Crippen LogP contribution in [0.1, 0.15) is 32.3 Å². The van der Waals surface area contributed by atoms with Crippen LogP contribution in [0.5, 0.6) is 0 Å². The second kappa shape index (κ2) is 7.14. The third-order valence-corrected chi connectivity index (χ3v) is 3.65. The number of nitrogens with one attached hydrogen (secondary N) is 1. The summed E-state index contributed by atoms with van der Waals surface area (Å²) in [5, 5.41) is 3.49. The van der Waals surface area contributed by atoms with Gasteiger partial charge in [0, 0.05) is 25.7 Å². The molecule has 4 heteroatoms. The first-order chi connectivity index (χ1) is 9.54. The first kappa shape index (κ1) is 15.4. The molecule has 1 aromatic rings. The molecule has 1 atom stereocenters. The summed E-state index contributed by atoms with van der Waals surface area (Å²) in [4.78, 5) is 2.33. The van der Waals surface area contributed by atoms with Crippen LogP contribution < -0.4 is 5.32 Å². The zero-order chi connectivity index (χ0) is 14.5. The average molecular weight is 282 g/mol. The standard InChI is InChI=1S/C16H24F2N2/c1-12(2)9-20(11-14-4-3-7-19-14)10-13-5-6-15(17)16(18)8-13/h5-6,8,12,14,19H,3-4,7,9-11H2,1-2H3. The fraction of sp³-hybridized carbons (Fsp3) is 0.625. The normalized spacial score (nSPS) is 19.2. The summed E-state index contributed by atoms with van der Waals surface area (Å²) in [6.07, 6.45) is 2.43. The van der Waals surface area contributed by atoms with Crippen LogP contribution in [0, 0.1) is 17.6 Å². The van der Waals surface area contributed by atoms with Gasteiger partial charge < -0.3 is 5.32 Å². The monoisotopic (exact) mass is 282 g/mol. The van der Waals surface area contributed by atoms with E-state index in [4.69, 9.17) is 0 Å². The number of hydrogen-bond donors (Lipinski definition) is 1. The van der Waals surface area contributed by atoms with E-state index in [0.29, 0.717) is 18.5 Å². The Morgan fingerprint density at radius 3 is 2.70 bits per heavy atom. The molecule has 0 amide bonds. The fourth-order valence-corrected chi connectivity index (χ4v) is 2.84. The van der Waals surface area contributed by atoms with Gasteiger partial charge in [0.2, 0.25) is 0 Å². The predicted octanol–water partition coefficient (Wildman–Crippen LogP) is 3.17. The van der Waals surface area contributed by atoms with Crippen LogP contribution in [0.15, 0.2) is 18.2 Å². The smallest absolute Gasteiger partial charge is 0.159 e. The molecule has 1 N–H and O–H groups in total. The minimum absolute atomic E-state index is 0.527. The van der Waals surface area contributed by atoms with E-state index in [1.54, 1.807) is 6.07 Å². The second-order valence-corrected chi connectivity index (χ2v) is 6.13. The van der Waals surface area contributed by atoms with Crippen LogP contribution >= 0.6 is 0 Å². The molecule has 1 saturated heterocycles. The SMILES string of the molecule is CC(C)CN(Cc1ccc(F)c(F)c1)CC1CCCN1. The molecule has 20 heavy (non-hydrogen) atoms. The van der Waals surface area contributed by atoms with E-state index in [1.165, 1.54) is 25.0 Å². The zero-order valence-corrected chi connectivity index (χ0v) is 12.3. The molecule has 112 valence electrons. The Kier molecular flexibility index (Phi) is 5.49. The minimum atomic E-state index is -0.776. The van der Waals surface area contributed by atoms with Crippen molar-refractivity contribution in [3.63, 3.8) is 0 Å². The third kappa shape index (κ3) is 4.53. The molecule has 0 bridgehead atoms. The van der Waals surface area contributed by atoms with Gasteiger partial charge in [0.1, 0.15) is 0 Å². The summed E-state index contributed by atoms with van der Waals surface area (Å²) in [6, 6.07) is 4.73. The van der Waals surface area contributed by atoms with E-state index in [-0.39, 0.29) is 0 Å². The minimum Gasteiger partial charge on any atom is -0.313 e. The number of benzene rings is 1. The van der Waals surface area contributed by atoms with Crippen molar-refractivity contribution in [1.29, 1.82) is 0 Å². The van der Waals surface area contributed by atoms with Crippen LogP contribution in [-0.4, -0.2) is 30.6 Å². The summed E-state index contributed by atoms with van der Waals surface area (Å²) < 4.78 is 26.3. The maximum absolute atomic E-state index is 13.3. The van der Waals surface area contributed by atoms with Crippen LogP contribution in [0.2, 0.25) is 0 Å². The quantitative estimate of drug-likeness (QED) is 0.862. The van der Waals surface area contributed by atoms with Gasteiger partial charge in [0.05, 0.1) is 0 Å². The molecule has 1 fully saturated rings. The lowest BCUT2D eigenvalue weighted by atomic mass is 10.1. The Labute approximate surface area is 120 Å². The molecule has 0 saturated carbocycles. The van der Waals surface area contributed by atoms with E-state index in [1.807, 2.05) is 0 Å². The van der Waals surface area contributed by atoms with Gasteiger partial charge in [-0.15, -0.1) is 0 Å². The molecule has 2 rings (SSSR count). The van der Waals surface area contributed by atoms with Gasteiger partial charge in [0.25, 0.3) is 0 Å². The number of halogens is 2. The van der Waals surface area contributed by atoms with Crippen molar-refractivity contribution < 1.29 is 8.78 Å². The van der Waals surface area contributed by atoms with Gasteiger partial charge in [-0.3, -0.25) is 4.90 Å². The number of hydrogen-bond acceptors (Lipinski definition) is 2. The van der Waals surface area contributed by atoms with Crippen LogP contribution in [0.3, 0.4) is 0 Å². The molecule has 0 aliphatic carbocycles. The lowest BCUT2D eigenvalue weighted by Crippen LogP contribution is -2.39. The molecule has 1 aromatic carbocycles. The molecule has 0 aromatic heterocycles. The molecular weight excluding hydrogens is 258 g/mol. The molecule has 0 radical (unpaired) electrons. The summed E-state index contributed by atoms with van der Waals surface area (Å²) >= 11 is 0. The van der Waals surface area contributed by atoms with Crippen LogP contribution in [0.4, 0.5) is 8.78 Å².